The first-order valence-corrected chi connectivity index (χ1v) is 13.6. The van der Waals surface area contributed by atoms with Crippen LogP contribution in [0.3, 0.4) is 0 Å². The van der Waals surface area contributed by atoms with Gasteiger partial charge < -0.3 is 19.7 Å². The molecule has 0 spiro atoms. The average molecular weight is 567 g/mol. The summed E-state index contributed by atoms with van der Waals surface area (Å²) in [7, 11) is 0. The highest BCUT2D eigenvalue weighted by atomic mass is 79.9. The van der Waals surface area contributed by atoms with Crippen LogP contribution >= 0.6 is 15.9 Å². The number of halogens is 1. The van der Waals surface area contributed by atoms with Crippen LogP contribution in [0.2, 0.25) is 0 Å². The van der Waals surface area contributed by atoms with Crippen LogP contribution in [0.5, 0.6) is 0 Å². The number of aliphatic hydroxyl groups is 2. The number of cyclic esters (lactones) is 1. The lowest BCUT2D eigenvalue weighted by Gasteiger charge is -2.34. The normalized spacial score (nSPS) is 36.6. The van der Waals surface area contributed by atoms with Crippen LogP contribution in [0, 0.1) is 17.3 Å². The molecule has 7 nitrogen and oxygen atoms in total. The molecule has 1 aromatic heterocycles. The van der Waals surface area contributed by atoms with Crippen molar-refractivity contribution < 1.29 is 29.3 Å². The summed E-state index contributed by atoms with van der Waals surface area (Å²) in [5.41, 5.74) is 0.0423. The number of fused-ring (bicyclic) bond motifs is 1. The zero-order valence-electron chi connectivity index (χ0n) is 22.2. The van der Waals surface area contributed by atoms with Crippen LogP contribution in [0.25, 0.3) is 6.08 Å². The Hall–Kier alpha value is -1.61. The van der Waals surface area contributed by atoms with Gasteiger partial charge in [0.25, 0.3) is 0 Å². The number of carbonyl (C=O) groups excluding carboxylic acids is 2. The fourth-order valence-corrected chi connectivity index (χ4v) is 5.33. The van der Waals surface area contributed by atoms with Crippen LogP contribution in [-0.4, -0.2) is 57.0 Å². The van der Waals surface area contributed by atoms with Crippen molar-refractivity contribution in [2.24, 2.45) is 17.3 Å². The molecule has 8 heteroatoms. The Labute approximate surface area is 222 Å². The summed E-state index contributed by atoms with van der Waals surface area (Å²) in [4.78, 5) is 30.6. The Bertz CT molecular complexity index is 977. The highest BCUT2D eigenvalue weighted by Gasteiger charge is 2.53. The summed E-state index contributed by atoms with van der Waals surface area (Å²) >= 11 is 3.39. The number of Topliss-reactive ketones (excluding diaryl/α,β-unsaturated/α-hetero) is 1. The second kappa shape index (κ2) is 11.4. The van der Waals surface area contributed by atoms with E-state index in [-0.39, 0.29) is 29.8 Å². The molecule has 2 saturated heterocycles. The first kappa shape index (κ1) is 29.0. The number of hydrogen-bond donors (Lipinski definition) is 2. The molecule has 7 atom stereocenters. The van der Waals surface area contributed by atoms with Crippen LogP contribution in [0.1, 0.15) is 79.3 Å². The van der Waals surface area contributed by atoms with Gasteiger partial charge in [-0.3, -0.25) is 14.6 Å². The molecular formula is C28H40BrNO6. The third kappa shape index (κ3) is 6.82. The van der Waals surface area contributed by atoms with Crippen molar-refractivity contribution in [2.75, 3.05) is 0 Å². The average Bonchev–Trinajstić information content (AvgIpc) is 3.46. The lowest BCUT2D eigenvalue weighted by molar-refractivity contribution is -0.154. The lowest BCUT2D eigenvalue weighted by Crippen LogP contribution is -2.45. The maximum absolute atomic E-state index is 13.2. The standard InChI is InChI=1S/C28H40BrNO6/c1-16-8-7-11-28(6)23(36-28)13-21(17(2)12-20-10-9-19(29)15-30-20)35-24(32)14-22(31)27(4,5)26(34)18(3)25(16)33/h9-10,12,15-16,18,21-23,25,31,33H,7-8,11,13-14H2,1-6H3/b17-12+/t16-,18+,21-,22-,23-,25-,28+/m0/s1. The number of carbonyl (C=O) groups is 2. The van der Waals surface area contributed by atoms with Gasteiger partial charge >= 0.3 is 5.97 Å². The fraction of sp³-hybridized carbons (Fsp3) is 0.679. The van der Waals surface area contributed by atoms with Crippen molar-refractivity contribution in [2.45, 2.75) is 104 Å². The molecule has 3 rings (SSSR count). The fourth-order valence-electron chi connectivity index (χ4n) is 5.09. The zero-order chi connectivity index (χ0) is 26.8. The Morgan fingerprint density at radius 2 is 1.89 bits per heavy atom. The van der Waals surface area contributed by atoms with E-state index in [0.29, 0.717) is 6.42 Å². The summed E-state index contributed by atoms with van der Waals surface area (Å²) in [5, 5.41) is 21.7. The summed E-state index contributed by atoms with van der Waals surface area (Å²) in [6.07, 6.45) is 3.53. The molecule has 0 amide bonds. The van der Waals surface area contributed by atoms with Gasteiger partial charge in [-0.25, -0.2) is 0 Å². The van der Waals surface area contributed by atoms with Gasteiger partial charge in [-0.05, 0) is 72.3 Å². The minimum Gasteiger partial charge on any atom is -0.458 e. The number of aromatic nitrogens is 1. The van der Waals surface area contributed by atoms with Gasteiger partial charge in [0.2, 0.25) is 0 Å². The van der Waals surface area contributed by atoms with Gasteiger partial charge in [-0.2, -0.15) is 0 Å². The van der Waals surface area contributed by atoms with Gasteiger partial charge in [0.1, 0.15) is 11.9 Å². The van der Waals surface area contributed by atoms with Gasteiger partial charge in [0.15, 0.2) is 0 Å². The topological polar surface area (TPSA) is 109 Å². The minimum atomic E-state index is -1.24. The molecule has 2 fully saturated rings. The third-order valence-corrected chi connectivity index (χ3v) is 8.51. The number of hydrogen-bond acceptors (Lipinski definition) is 7. The molecule has 2 N–H and O–H groups in total. The molecule has 36 heavy (non-hydrogen) atoms. The Morgan fingerprint density at radius 3 is 2.53 bits per heavy atom. The van der Waals surface area contributed by atoms with E-state index in [1.165, 1.54) is 0 Å². The minimum absolute atomic E-state index is 0.0634. The first-order chi connectivity index (χ1) is 16.7. The monoisotopic (exact) mass is 565 g/mol. The third-order valence-electron chi connectivity index (χ3n) is 8.04. The van der Waals surface area contributed by atoms with Crippen molar-refractivity contribution in [1.29, 1.82) is 0 Å². The van der Waals surface area contributed by atoms with Gasteiger partial charge in [-0.15, -0.1) is 0 Å². The summed E-state index contributed by atoms with van der Waals surface area (Å²) in [6.45, 7) is 10.8. The number of esters is 1. The molecule has 3 heterocycles. The van der Waals surface area contributed by atoms with Crippen molar-refractivity contribution >= 4 is 33.8 Å². The molecule has 2 aliphatic heterocycles. The number of epoxide rings is 1. The van der Waals surface area contributed by atoms with Crippen LogP contribution in [0.15, 0.2) is 28.4 Å². The lowest BCUT2D eigenvalue weighted by atomic mass is 9.73. The van der Waals surface area contributed by atoms with Crippen molar-refractivity contribution in [1.82, 2.24) is 4.98 Å². The second-order valence-electron chi connectivity index (χ2n) is 11.4. The largest absolute Gasteiger partial charge is 0.458 e. The first-order valence-electron chi connectivity index (χ1n) is 12.8. The van der Waals surface area contributed by atoms with Gasteiger partial charge in [-0.1, -0.05) is 34.1 Å². The van der Waals surface area contributed by atoms with Gasteiger partial charge in [0.05, 0.1) is 41.4 Å². The Morgan fingerprint density at radius 1 is 1.19 bits per heavy atom. The molecule has 2 aliphatic rings. The molecule has 0 unspecified atom stereocenters. The predicted molar refractivity (Wildman–Crippen MR) is 141 cm³/mol. The number of aliphatic hydroxyl groups excluding tert-OH is 2. The Balaban J connectivity index is 1.86. The quantitative estimate of drug-likeness (QED) is 0.388. The highest BCUT2D eigenvalue weighted by Crippen LogP contribution is 2.45. The van der Waals surface area contributed by atoms with Crippen LogP contribution in [-0.2, 0) is 19.1 Å². The maximum atomic E-state index is 13.2. The maximum Gasteiger partial charge on any atom is 0.309 e. The second-order valence-corrected chi connectivity index (χ2v) is 12.3. The van der Waals surface area contributed by atoms with Crippen LogP contribution in [0.4, 0.5) is 0 Å². The molecule has 0 radical (unpaired) electrons. The van der Waals surface area contributed by atoms with E-state index in [0.717, 1.165) is 35.0 Å². The van der Waals surface area contributed by atoms with E-state index in [4.69, 9.17) is 9.47 Å². The number of ketones is 1. The van der Waals surface area contributed by atoms with E-state index in [2.05, 4.69) is 27.8 Å². The molecule has 1 aromatic rings. The summed E-state index contributed by atoms with van der Waals surface area (Å²) in [5.74, 6) is -1.58. The molecule has 0 saturated carbocycles. The number of rotatable bonds is 2. The van der Waals surface area contributed by atoms with E-state index >= 15 is 0 Å². The number of nitrogens with zero attached hydrogens (tertiary/aromatic N) is 1. The van der Waals surface area contributed by atoms with E-state index in [1.54, 1.807) is 27.0 Å². The molecule has 200 valence electrons. The molecular weight excluding hydrogens is 526 g/mol. The summed E-state index contributed by atoms with van der Waals surface area (Å²) < 4.78 is 12.8. The van der Waals surface area contributed by atoms with E-state index < -0.39 is 35.6 Å². The highest BCUT2D eigenvalue weighted by molar-refractivity contribution is 9.10. The van der Waals surface area contributed by atoms with Gasteiger partial charge in [0, 0.05) is 23.0 Å². The van der Waals surface area contributed by atoms with Crippen molar-refractivity contribution in [3.8, 4) is 0 Å². The summed E-state index contributed by atoms with van der Waals surface area (Å²) in [6, 6.07) is 3.77. The molecule has 0 aliphatic carbocycles. The predicted octanol–water partition coefficient (Wildman–Crippen LogP) is 4.87. The smallest absolute Gasteiger partial charge is 0.309 e. The van der Waals surface area contributed by atoms with E-state index in [1.807, 2.05) is 32.1 Å². The van der Waals surface area contributed by atoms with E-state index in [9.17, 15) is 19.8 Å². The number of pyridine rings is 1. The molecule has 0 aromatic carbocycles. The zero-order valence-corrected chi connectivity index (χ0v) is 23.7. The van der Waals surface area contributed by atoms with Crippen molar-refractivity contribution in [3.63, 3.8) is 0 Å². The number of ether oxygens (including phenoxy) is 2. The Kier molecular flexibility index (Phi) is 9.18. The van der Waals surface area contributed by atoms with Crippen molar-refractivity contribution in [3.05, 3.63) is 34.1 Å². The van der Waals surface area contributed by atoms with Crippen LogP contribution < -0.4 is 0 Å². The SMILES string of the molecule is C/C(=C\c1ccc(Br)cn1)[C@@H]1C[C@@H]2O[C@]2(C)CCC[C@H](C)[C@H](O)[C@@H](C)C(=O)C(C)(C)[C@@H](O)CC(=O)O1. The molecule has 0 bridgehead atoms.